The van der Waals surface area contributed by atoms with Gasteiger partial charge in [-0.1, -0.05) is 31.2 Å². The molecule has 0 radical (unpaired) electrons. The largest absolute Gasteiger partial charge is 0.494 e. The van der Waals surface area contributed by atoms with Gasteiger partial charge in [0.2, 0.25) is 0 Å². The van der Waals surface area contributed by atoms with Crippen LogP contribution < -0.4 is 20.9 Å². The summed E-state index contributed by atoms with van der Waals surface area (Å²) in [6.07, 6.45) is 0.862. The van der Waals surface area contributed by atoms with Crippen LogP contribution in [0, 0.1) is 0 Å². The summed E-state index contributed by atoms with van der Waals surface area (Å²) < 4.78 is 5.51. The molecule has 0 aliphatic rings. The maximum Gasteiger partial charge on any atom is 0.269 e. The lowest BCUT2D eigenvalue weighted by Gasteiger charge is -2.10. The van der Waals surface area contributed by atoms with Crippen LogP contribution in [0.1, 0.15) is 44.4 Å². The summed E-state index contributed by atoms with van der Waals surface area (Å²) in [5.41, 5.74) is 6.56. The van der Waals surface area contributed by atoms with Crippen LogP contribution in [-0.4, -0.2) is 24.3 Å². The molecule has 0 aliphatic carbocycles. The summed E-state index contributed by atoms with van der Waals surface area (Å²) in [7, 11) is 0. The molecule has 158 valence electrons. The van der Waals surface area contributed by atoms with E-state index in [9.17, 15) is 14.4 Å². The van der Waals surface area contributed by atoms with E-state index in [1.54, 1.807) is 72.8 Å². The van der Waals surface area contributed by atoms with E-state index in [1.807, 2.05) is 13.0 Å². The number of nitrogens with one attached hydrogen (secondary N) is 3. The average Bonchev–Trinajstić information content (AvgIpc) is 2.82. The maximum absolute atomic E-state index is 12.3. The van der Waals surface area contributed by atoms with Gasteiger partial charge in [-0.3, -0.25) is 25.2 Å². The van der Waals surface area contributed by atoms with Crippen LogP contribution in [0.2, 0.25) is 0 Å². The van der Waals surface area contributed by atoms with Gasteiger partial charge < -0.3 is 10.1 Å². The molecule has 0 saturated heterocycles. The lowest BCUT2D eigenvalue weighted by molar-refractivity contribution is 0.0846. The van der Waals surface area contributed by atoms with Gasteiger partial charge in [0.25, 0.3) is 17.7 Å². The first-order valence-electron chi connectivity index (χ1n) is 9.87. The topological polar surface area (TPSA) is 96.5 Å². The minimum atomic E-state index is -0.479. The van der Waals surface area contributed by atoms with Crippen LogP contribution in [-0.2, 0) is 0 Å². The SMILES string of the molecule is CCCOc1cccc(C(=O)NNC(=O)c2ccc(NC(=O)c3ccccc3)cc2)c1. The molecule has 7 heteroatoms. The number of carbonyl (C=O) groups excluding carboxylic acids is 3. The Morgan fingerprint density at radius 3 is 2.00 bits per heavy atom. The van der Waals surface area contributed by atoms with Gasteiger partial charge in [-0.15, -0.1) is 0 Å². The molecule has 3 aromatic rings. The highest BCUT2D eigenvalue weighted by Gasteiger charge is 2.11. The molecule has 7 nitrogen and oxygen atoms in total. The molecule has 0 fully saturated rings. The fraction of sp³-hybridized carbons (Fsp3) is 0.125. The van der Waals surface area contributed by atoms with Crippen LogP contribution in [0.3, 0.4) is 0 Å². The van der Waals surface area contributed by atoms with Crippen molar-refractivity contribution in [3.05, 3.63) is 95.6 Å². The Morgan fingerprint density at radius 1 is 0.710 bits per heavy atom. The van der Waals surface area contributed by atoms with Crippen LogP contribution in [0.15, 0.2) is 78.9 Å². The molecule has 0 unspecified atom stereocenters. The molecule has 0 heterocycles. The minimum Gasteiger partial charge on any atom is -0.494 e. The zero-order valence-corrected chi connectivity index (χ0v) is 17.1. The molecule has 0 aromatic heterocycles. The first-order valence-corrected chi connectivity index (χ1v) is 9.87. The number of amides is 3. The predicted molar refractivity (Wildman–Crippen MR) is 118 cm³/mol. The summed E-state index contributed by atoms with van der Waals surface area (Å²) >= 11 is 0. The van der Waals surface area contributed by atoms with E-state index in [-0.39, 0.29) is 5.91 Å². The molecule has 3 amide bonds. The van der Waals surface area contributed by atoms with Crippen molar-refractivity contribution >= 4 is 23.4 Å². The van der Waals surface area contributed by atoms with Crippen molar-refractivity contribution in [2.24, 2.45) is 0 Å². The summed E-state index contributed by atoms with van der Waals surface area (Å²) in [4.78, 5) is 36.8. The van der Waals surface area contributed by atoms with Gasteiger partial charge >= 0.3 is 0 Å². The zero-order valence-electron chi connectivity index (χ0n) is 17.1. The number of ether oxygens (including phenoxy) is 1. The number of benzene rings is 3. The summed E-state index contributed by atoms with van der Waals surface area (Å²) in [6.45, 7) is 2.56. The van der Waals surface area contributed by atoms with Gasteiger partial charge in [0, 0.05) is 22.4 Å². The minimum absolute atomic E-state index is 0.241. The van der Waals surface area contributed by atoms with Crippen LogP contribution in [0.5, 0.6) is 5.75 Å². The zero-order chi connectivity index (χ0) is 22.1. The van der Waals surface area contributed by atoms with E-state index in [0.717, 1.165) is 6.42 Å². The van der Waals surface area contributed by atoms with E-state index >= 15 is 0 Å². The number of carbonyl (C=O) groups is 3. The number of hydrogen-bond donors (Lipinski definition) is 3. The number of rotatable bonds is 7. The Balaban J connectivity index is 1.53. The Labute approximate surface area is 180 Å². The summed E-state index contributed by atoms with van der Waals surface area (Å²) in [5, 5.41) is 2.76. The predicted octanol–water partition coefficient (Wildman–Crippen LogP) is 3.80. The Kier molecular flexibility index (Phi) is 7.37. The molecule has 0 atom stereocenters. The second kappa shape index (κ2) is 10.6. The number of anilines is 1. The highest BCUT2D eigenvalue weighted by molar-refractivity contribution is 6.04. The Hall–Kier alpha value is -4.13. The second-order valence-corrected chi connectivity index (χ2v) is 6.68. The highest BCUT2D eigenvalue weighted by atomic mass is 16.5. The lowest BCUT2D eigenvalue weighted by Crippen LogP contribution is -2.41. The van der Waals surface area contributed by atoms with Crippen molar-refractivity contribution in [2.45, 2.75) is 13.3 Å². The van der Waals surface area contributed by atoms with Gasteiger partial charge in [0.15, 0.2) is 0 Å². The van der Waals surface area contributed by atoms with Crippen molar-refractivity contribution in [2.75, 3.05) is 11.9 Å². The molecule has 3 aromatic carbocycles. The summed E-state index contributed by atoms with van der Waals surface area (Å²) in [5.74, 6) is -0.584. The highest BCUT2D eigenvalue weighted by Crippen LogP contribution is 2.14. The van der Waals surface area contributed by atoms with Crippen molar-refractivity contribution in [1.82, 2.24) is 10.9 Å². The lowest BCUT2D eigenvalue weighted by atomic mass is 10.1. The van der Waals surface area contributed by atoms with Gasteiger partial charge in [-0.25, -0.2) is 0 Å². The first kappa shape index (κ1) is 21.6. The third-order valence-electron chi connectivity index (χ3n) is 4.30. The third-order valence-corrected chi connectivity index (χ3v) is 4.30. The number of hydrogen-bond acceptors (Lipinski definition) is 4. The summed E-state index contributed by atoms with van der Waals surface area (Å²) in [6, 6.07) is 21.9. The molecule has 31 heavy (non-hydrogen) atoms. The van der Waals surface area contributed by atoms with Crippen LogP contribution in [0.4, 0.5) is 5.69 Å². The van der Waals surface area contributed by atoms with Crippen LogP contribution in [0.25, 0.3) is 0 Å². The van der Waals surface area contributed by atoms with Crippen molar-refractivity contribution in [1.29, 1.82) is 0 Å². The smallest absolute Gasteiger partial charge is 0.269 e. The first-order chi connectivity index (χ1) is 15.1. The number of hydrazine groups is 1. The standard InChI is InChI=1S/C24H23N3O4/c1-2-15-31-21-10-6-9-19(16-21)24(30)27-26-23(29)18-11-13-20(14-12-18)25-22(28)17-7-4-3-5-8-17/h3-14,16H,2,15H2,1H3,(H,25,28)(H,26,29)(H,27,30). The van der Waals surface area contributed by atoms with Gasteiger partial charge in [-0.2, -0.15) is 0 Å². The second-order valence-electron chi connectivity index (χ2n) is 6.68. The quantitative estimate of drug-likeness (QED) is 0.510. The van der Waals surface area contributed by atoms with Crippen molar-refractivity contribution < 1.29 is 19.1 Å². The molecule has 0 saturated carbocycles. The third kappa shape index (κ3) is 6.17. The monoisotopic (exact) mass is 417 g/mol. The van der Waals surface area contributed by atoms with Crippen LogP contribution >= 0.6 is 0 Å². The normalized spacial score (nSPS) is 10.1. The van der Waals surface area contributed by atoms with E-state index in [4.69, 9.17) is 4.74 Å². The molecule has 0 aliphatic heterocycles. The van der Waals surface area contributed by atoms with Crippen molar-refractivity contribution in [3.63, 3.8) is 0 Å². The van der Waals surface area contributed by atoms with E-state index in [2.05, 4.69) is 16.2 Å². The van der Waals surface area contributed by atoms with E-state index in [1.165, 1.54) is 0 Å². The van der Waals surface area contributed by atoms with Gasteiger partial charge in [-0.05, 0) is 61.0 Å². The van der Waals surface area contributed by atoms with Gasteiger partial charge in [0.05, 0.1) is 6.61 Å². The fourth-order valence-electron chi connectivity index (χ4n) is 2.70. The molecule has 0 spiro atoms. The van der Waals surface area contributed by atoms with Crippen molar-refractivity contribution in [3.8, 4) is 5.75 Å². The Bertz CT molecular complexity index is 1050. The Morgan fingerprint density at radius 2 is 1.32 bits per heavy atom. The molecular formula is C24H23N3O4. The van der Waals surface area contributed by atoms with E-state index < -0.39 is 11.8 Å². The molecular weight excluding hydrogens is 394 g/mol. The average molecular weight is 417 g/mol. The molecule has 3 N–H and O–H groups in total. The maximum atomic E-state index is 12.3. The van der Waals surface area contributed by atoms with E-state index in [0.29, 0.717) is 34.7 Å². The molecule has 0 bridgehead atoms. The fourth-order valence-corrected chi connectivity index (χ4v) is 2.70. The molecule has 3 rings (SSSR count). The van der Waals surface area contributed by atoms with Gasteiger partial charge in [0.1, 0.15) is 5.75 Å².